The van der Waals surface area contributed by atoms with Crippen LogP contribution < -0.4 is 0 Å². The lowest BCUT2D eigenvalue weighted by Crippen LogP contribution is -2.47. The number of phosphoric acid groups is 1. The van der Waals surface area contributed by atoms with Crippen molar-refractivity contribution in [1.29, 1.82) is 0 Å². The van der Waals surface area contributed by atoms with Gasteiger partial charge in [0, 0.05) is 12.8 Å². The predicted octanol–water partition coefficient (Wildman–Crippen LogP) is 11.8. The minimum absolute atomic E-state index is 0.106. The third-order valence-electron chi connectivity index (χ3n) is 11.5. The number of hydrogen-bond donors (Lipinski definition) is 6. The van der Waals surface area contributed by atoms with E-state index in [1.54, 1.807) is 0 Å². The first kappa shape index (κ1) is 64.8. The SMILES string of the molecule is CCCCCC=CCCCCC=CCCCCCCCCC(=O)OC[C@H](COP(=O)(O)OC[C@@H](O)[C@@H](O)[C@H](O)[C@H](O)CO)OC(=O)CCCCCCCCC=CCCCCC=CCCCCC. The highest BCUT2D eigenvalue weighted by atomic mass is 31.2. The van der Waals surface area contributed by atoms with E-state index < -0.39 is 76.7 Å². The quantitative estimate of drug-likeness (QED) is 0.0145. The average Bonchev–Trinajstić information content (AvgIpc) is 3.32. The molecular weight excluding hydrogens is 876 g/mol. The van der Waals surface area contributed by atoms with E-state index in [-0.39, 0.29) is 12.8 Å². The van der Waals surface area contributed by atoms with Crippen LogP contribution in [0.15, 0.2) is 48.6 Å². The zero-order valence-corrected chi connectivity index (χ0v) is 42.8. The first-order valence-corrected chi connectivity index (χ1v) is 27.9. The Balaban J connectivity index is 4.56. The molecule has 1 unspecified atom stereocenters. The Labute approximate surface area is 406 Å². The van der Waals surface area contributed by atoms with Gasteiger partial charge in [0.2, 0.25) is 0 Å². The molecule has 0 aromatic rings. The van der Waals surface area contributed by atoms with Crippen LogP contribution in [0.3, 0.4) is 0 Å². The van der Waals surface area contributed by atoms with Gasteiger partial charge in [-0.25, -0.2) is 4.57 Å². The van der Waals surface area contributed by atoms with Crippen molar-refractivity contribution in [2.75, 3.05) is 26.4 Å². The second kappa shape index (κ2) is 47.5. The normalized spacial score (nSPS) is 15.4. The molecular formula is C53H97O13P. The van der Waals surface area contributed by atoms with Crippen molar-refractivity contribution in [3.8, 4) is 0 Å². The zero-order chi connectivity index (χ0) is 49.5. The standard InChI is InChI=1S/C53H97O13P/c1-3-5-7-9-11-13-15-17-19-21-23-25-27-29-31-33-35-37-39-41-50(57)63-44-47(45-64-67(61,62)65-46-49(56)53(60)52(59)48(55)43-54)66-51(58)42-40-38-36-34-32-30-28-26-24-22-20-18-16-14-12-10-8-6-4-2/h11-14,23-26,47-49,52-56,59-60H,3-10,15-22,27-46H2,1-2H3,(H,61,62)/t47-,48-,49-,52-,53-/m1/s1. The maximum atomic E-state index is 12.8. The van der Waals surface area contributed by atoms with E-state index in [1.165, 1.54) is 83.5 Å². The summed E-state index contributed by atoms with van der Waals surface area (Å²) in [5.74, 6) is -1.07. The minimum atomic E-state index is -4.91. The summed E-state index contributed by atoms with van der Waals surface area (Å²) in [4.78, 5) is 35.6. The summed E-state index contributed by atoms with van der Waals surface area (Å²) in [5.41, 5.74) is 0. The van der Waals surface area contributed by atoms with E-state index in [9.17, 15) is 39.5 Å². The smallest absolute Gasteiger partial charge is 0.462 e. The van der Waals surface area contributed by atoms with Crippen LogP contribution in [0, 0.1) is 0 Å². The Bertz CT molecular complexity index is 1310. The summed E-state index contributed by atoms with van der Waals surface area (Å²) < 4.78 is 33.2. The summed E-state index contributed by atoms with van der Waals surface area (Å²) >= 11 is 0. The van der Waals surface area contributed by atoms with Crippen molar-refractivity contribution in [2.24, 2.45) is 0 Å². The van der Waals surface area contributed by atoms with Crippen molar-refractivity contribution in [1.82, 2.24) is 0 Å². The van der Waals surface area contributed by atoms with E-state index in [0.717, 1.165) is 96.3 Å². The van der Waals surface area contributed by atoms with Crippen molar-refractivity contribution in [3.63, 3.8) is 0 Å². The maximum Gasteiger partial charge on any atom is 0.472 e. The third-order valence-corrected chi connectivity index (χ3v) is 12.4. The fraction of sp³-hybridized carbons (Fsp3) is 0.811. The summed E-state index contributed by atoms with van der Waals surface area (Å²) in [6.07, 6.45) is 43.2. The number of ether oxygens (including phenoxy) is 2. The Morgan fingerprint density at radius 1 is 0.448 bits per heavy atom. The van der Waals surface area contributed by atoms with E-state index in [0.29, 0.717) is 12.8 Å². The molecule has 0 aliphatic carbocycles. The molecule has 0 aliphatic rings. The number of phosphoric ester groups is 1. The van der Waals surface area contributed by atoms with Gasteiger partial charge in [-0.2, -0.15) is 0 Å². The number of allylic oxidation sites excluding steroid dienone is 8. The monoisotopic (exact) mass is 973 g/mol. The lowest BCUT2D eigenvalue weighted by molar-refractivity contribution is -0.161. The molecule has 67 heavy (non-hydrogen) atoms. The summed E-state index contributed by atoms with van der Waals surface area (Å²) in [6, 6.07) is 0. The number of carbonyl (C=O) groups is 2. The van der Waals surface area contributed by atoms with E-state index >= 15 is 0 Å². The van der Waals surface area contributed by atoms with Crippen LogP contribution in [-0.4, -0.2) is 99.3 Å². The average molecular weight is 973 g/mol. The molecule has 0 saturated heterocycles. The second-order valence-corrected chi connectivity index (χ2v) is 19.4. The molecule has 0 radical (unpaired) electrons. The Kier molecular flexibility index (Phi) is 45.9. The van der Waals surface area contributed by atoms with Gasteiger partial charge in [0.15, 0.2) is 6.10 Å². The number of unbranched alkanes of at least 4 members (excludes halogenated alkanes) is 24. The summed E-state index contributed by atoms with van der Waals surface area (Å²) in [5, 5.41) is 48.3. The highest BCUT2D eigenvalue weighted by molar-refractivity contribution is 7.47. The molecule has 0 rings (SSSR count). The van der Waals surface area contributed by atoms with Gasteiger partial charge in [-0.05, 0) is 116 Å². The van der Waals surface area contributed by atoms with Crippen molar-refractivity contribution >= 4 is 19.8 Å². The van der Waals surface area contributed by atoms with E-state index in [1.807, 2.05) is 0 Å². The van der Waals surface area contributed by atoms with Crippen LogP contribution in [-0.2, 0) is 32.7 Å². The van der Waals surface area contributed by atoms with Crippen LogP contribution >= 0.6 is 7.82 Å². The first-order valence-electron chi connectivity index (χ1n) is 26.4. The van der Waals surface area contributed by atoms with E-state index in [4.69, 9.17) is 23.6 Å². The lowest BCUT2D eigenvalue weighted by atomic mass is 10.0. The Morgan fingerprint density at radius 3 is 1.18 bits per heavy atom. The molecule has 0 aromatic carbocycles. The van der Waals surface area contributed by atoms with Gasteiger partial charge in [-0.1, -0.05) is 140 Å². The fourth-order valence-electron chi connectivity index (χ4n) is 7.16. The fourth-order valence-corrected chi connectivity index (χ4v) is 7.93. The first-order chi connectivity index (χ1) is 32.5. The van der Waals surface area contributed by atoms with Gasteiger partial charge in [0.1, 0.15) is 31.0 Å². The van der Waals surface area contributed by atoms with Crippen LogP contribution in [0.4, 0.5) is 0 Å². The maximum absolute atomic E-state index is 12.8. The largest absolute Gasteiger partial charge is 0.472 e. The van der Waals surface area contributed by atoms with Crippen molar-refractivity contribution < 1.29 is 63.1 Å². The topological polar surface area (TPSA) is 210 Å². The number of hydrogen-bond acceptors (Lipinski definition) is 12. The molecule has 0 amide bonds. The lowest BCUT2D eigenvalue weighted by Gasteiger charge is -2.26. The molecule has 14 heteroatoms. The Hall–Kier alpha value is -2.19. The van der Waals surface area contributed by atoms with Crippen molar-refractivity contribution in [3.05, 3.63) is 48.6 Å². The number of aliphatic hydroxyl groups excluding tert-OH is 5. The molecule has 392 valence electrons. The van der Waals surface area contributed by atoms with E-state index in [2.05, 4.69) is 62.5 Å². The highest BCUT2D eigenvalue weighted by Crippen LogP contribution is 2.43. The highest BCUT2D eigenvalue weighted by Gasteiger charge is 2.33. The molecule has 0 aliphatic heterocycles. The van der Waals surface area contributed by atoms with Gasteiger partial charge in [0.05, 0.1) is 19.8 Å². The molecule has 6 N–H and O–H groups in total. The van der Waals surface area contributed by atoms with Crippen LogP contribution in [0.5, 0.6) is 0 Å². The minimum Gasteiger partial charge on any atom is -0.462 e. The van der Waals surface area contributed by atoms with Gasteiger partial charge >= 0.3 is 19.8 Å². The Morgan fingerprint density at radius 2 is 0.776 bits per heavy atom. The molecule has 0 fully saturated rings. The van der Waals surface area contributed by atoms with Crippen molar-refractivity contribution in [2.45, 2.75) is 250 Å². The predicted molar refractivity (Wildman–Crippen MR) is 269 cm³/mol. The summed E-state index contributed by atoms with van der Waals surface area (Å²) in [6.45, 7) is 1.50. The molecule has 13 nitrogen and oxygen atoms in total. The third kappa shape index (κ3) is 43.6. The summed E-state index contributed by atoms with van der Waals surface area (Å²) in [7, 11) is -4.91. The van der Waals surface area contributed by atoms with Gasteiger partial charge in [-0.3, -0.25) is 18.6 Å². The van der Waals surface area contributed by atoms with Crippen LogP contribution in [0.1, 0.15) is 219 Å². The van der Waals surface area contributed by atoms with Gasteiger partial charge < -0.3 is 39.9 Å². The molecule has 0 heterocycles. The number of carbonyl (C=O) groups excluding carboxylic acids is 2. The molecule has 0 spiro atoms. The number of rotatable bonds is 49. The van der Waals surface area contributed by atoms with Crippen LogP contribution in [0.2, 0.25) is 0 Å². The zero-order valence-electron chi connectivity index (χ0n) is 41.9. The molecule has 0 aromatic heterocycles. The number of esters is 2. The molecule has 0 bridgehead atoms. The number of aliphatic hydroxyl groups is 5. The molecule has 6 atom stereocenters. The van der Waals surface area contributed by atoms with Gasteiger partial charge in [-0.15, -0.1) is 0 Å². The van der Waals surface area contributed by atoms with Gasteiger partial charge in [0.25, 0.3) is 0 Å². The second-order valence-electron chi connectivity index (χ2n) is 17.9. The molecule has 0 saturated carbocycles. The van der Waals surface area contributed by atoms with Crippen LogP contribution in [0.25, 0.3) is 0 Å².